The largest absolute Gasteiger partial charge is 0.330 e. The van der Waals surface area contributed by atoms with Crippen molar-refractivity contribution in [2.75, 3.05) is 6.54 Å². The fourth-order valence-electron chi connectivity index (χ4n) is 4.04. The van der Waals surface area contributed by atoms with Crippen LogP contribution in [0.2, 0.25) is 0 Å². The van der Waals surface area contributed by atoms with E-state index in [4.69, 9.17) is 12.2 Å². The highest BCUT2D eigenvalue weighted by atomic mass is 15.1. The molecule has 0 fully saturated rings. The lowest BCUT2D eigenvalue weighted by Gasteiger charge is -2.11. The lowest BCUT2D eigenvalue weighted by Crippen LogP contribution is -2.03. The predicted molar refractivity (Wildman–Crippen MR) is 125 cm³/mol. The fraction of sp³-hybridized carbons (Fsp3) is 0.115. The second kappa shape index (κ2) is 7.67. The Morgan fingerprint density at radius 2 is 1.87 bits per heavy atom. The number of benzene rings is 2. The third-order valence-electron chi connectivity index (χ3n) is 5.56. The first-order valence-electron chi connectivity index (χ1n) is 10.2. The molecule has 0 radical (unpaired) electrons. The van der Waals surface area contributed by atoms with Gasteiger partial charge in [0, 0.05) is 28.5 Å². The Labute approximate surface area is 180 Å². The highest BCUT2D eigenvalue weighted by Crippen LogP contribution is 2.32. The van der Waals surface area contributed by atoms with E-state index >= 15 is 0 Å². The summed E-state index contributed by atoms with van der Waals surface area (Å²) in [6.45, 7) is 2.64. The van der Waals surface area contributed by atoms with Crippen molar-refractivity contribution < 1.29 is 0 Å². The number of aromatic nitrogens is 4. The van der Waals surface area contributed by atoms with Gasteiger partial charge in [0.2, 0.25) is 0 Å². The van der Waals surface area contributed by atoms with E-state index in [0.717, 1.165) is 50.9 Å². The first kappa shape index (κ1) is 19.0. The Bertz CT molecular complexity index is 1460. The molecule has 150 valence electrons. The highest BCUT2D eigenvalue weighted by Gasteiger charge is 2.16. The summed E-state index contributed by atoms with van der Waals surface area (Å²) in [5.74, 6) is 3.29. The molecule has 5 rings (SSSR count). The molecule has 2 aromatic carbocycles. The molecule has 0 saturated heterocycles. The van der Waals surface area contributed by atoms with Gasteiger partial charge in [-0.3, -0.25) is 14.5 Å². The van der Waals surface area contributed by atoms with Crippen LogP contribution in [0.1, 0.15) is 17.1 Å². The predicted octanol–water partition coefficient (Wildman–Crippen LogP) is 4.43. The van der Waals surface area contributed by atoms with Gasteiger partial charge in [-0.1, -0.05) is 24.3 Å². The van der Waals surface area contributed by atoms with Gasteiger partial charge in [-0.05, 0) is 67.3 Å². The average Bonchev–Trinajstić information content (AvgIpc) is 3.19. The van der Waals surface area contributed by atoms with E-state index in [0.29, 0.717) is 12.4 Å². The van der Waals surface area contributed by atoms with Crippen LogP contribution in [0.5, 0.6) is 0 Å². The third-order valence-corrected chi connectivity index (χ3v) is 5.56. The molecule has 0 saturated carbocycles. The topological polar surface area (TPSA) is 69.6 Å². The molecule has 5 heteroatoms. The average molecular weight is 403 g/mol. The lowest BCUT2D eigenvalue weighted by molar-refractivity contribution is 0.965. The molecular formula is C26H21N5. The number of imidazole rings is 1. The molecule has 3 heterocycles. The van der Waals surface area contributed by atoms with Crippen molar-refractivity contribution in [2.24, 2.45) is 5.73 Å². The Morgan fingerprint density at radius 3 is 2.61 bits per heavy atom. The van der Waals surface area contributed by atoms with Crippen molar-refractivity contribution in [3.05, 3.63) is 84.1 Å². The number of nitrogens with zero attached hydrogens (tertiary/aromatic N) is 4. The molecule has 0 aliphatic carbocycles. The summed E-state index contributed by atoms with van der Waals surface area (Å²) in [6.07, 6.45) is 10.3. The van der Waals surface area contributed by atoms with E-state index in [1.54, 1.807) is 6.20 Å². The highest BCUT2D eigenvalue weighted by molar-refractivity contribution is 6.05. The van der Waals surface area contributed by atoms with E-state index < -0.39 is 0 Å². The summed E-state index contributed by atoms with van der Waals surface area (Å²) in [5.41, 5.74) is 13.6. The lowest BCUT2D eigenvalue weighted by atomic mass is 10.0. The minimum absolute atomic E-state index is 0.554. The maximum Gasteiger partial charge on any atom is 0.190 e. The normalized spacial score (nSPS) is 11.1. The third kappa shape index (κ3) is 3.24. The van der Waals surface area contributed by atoms with Crippen LogP contribution in [-0.2, 0) is 6.42 Å². The zero-order valence-corrected chi connectivity index (χ0v) is 17.2. The second-order valence-electron chi connectivity index (χ2n) is 7.48. The van der Waals surface area contributed by atoms with E-state index in [-0.39, 0.29) is 0 Å². The molecular weight excluding hydrogens is 382 g/mol. The van der Waals surface area contributed by atoms with Crippen LogP contribution in [0.15, 0.2) is 67.0 Å². The number of hydrogen-bond donors (Lipinski definition) is 1. The van der Waals surface area contributed by atoms with Crippen LogP contribution in [0.3, 0.4) is 0 Å². The molecule has 0 unspecified atom stereocenters. The summed E-state index contributed by atoms with van der Waals surface area (Å²) in [7, 11) is 0. The Balaban J connectivity index is 1.79. The van der Waals surface area contributed by atoms with Gasteiger partial charge in [0.05, 0.1) is 17.2 Å². The van der Waals surface area contributed by atoms with Crippen LogP contribution in [0.25, 0.3) is 38.8 Å². The van der Waals surface area contributed by atoms with Gasteiger partial charge in [-0.25, -0.2) is 4.98 Å². The van der Waals surface area contributed by atoms with Gasteiger partial charge in [0.1, 0.15) is 5.52 Å². The molecule has 0 amide bonds. The molecule has 5 nitrogen and oxygen atoms in total. The molecule has 0 atom stereocenters. The van der Waals surface area contributed by atoms with Crippen LogP contribution in [0, 0.1) is 19.3 Å². The zero-order chi connectivity index (χ0) is 21.4. The van der Waals surface area contributed by atoms with Crippen molar-refractivity contribution in [1.82, 2.24) is 19.5 Å². The SMILES string of the molecule is C#Cc1nc2cnc3ccc(-c4cccnc4C)cc3c2n1-c1ccc(CCN)cc1. The molecule has 5 aromatic rings. The quantitative estimate of drug-likeness (QED) is 0.451. The smallest absolute Gasteiger partial charge is 0.190 e. The summed E-state index contributed by atoms with van der Waals surface area (Å²) < 4.78 is 2.03. The van der Waals surface area contributed by atoms with Crippen molar-refractivity contribution >= 4 is 21.9 Å². The molecule has 0 bridgehead atoms. The zero-order valence-electron chi connectivity index (χ0n) is 17.2. The van der Waals surface area contributed by atoms with Crippen LogP contribution < -0.4 is 5.73 Å². The van der Waals surface area contributed by atoms with Crippen molar-refractivity contribution in [3.8, 4) is 29.2 Å². The van der Waals surface area contributed by atoms with Gasteiger partial charge < -0.3 is 5.73 Å². The minimum atomic E-state index is 0.554. The number of rotatable bonds is 4. The fourth-order valence-corrected chi connectivity index (χ4v) is 4.04. The number of hydrogen-bond acceptors (Lipinski definition) is 4. The van der Waals surface area contributed by atoms with Crippen molar-refractivity contribution in [3.63, 3.8) is 0 Å². The summed E-state index contributed by atoms with van der Waals surface area (Å²) in [4.78, 5) is 13.7. The summed E-state index contributed by atoms with van der Waals surface area (Å²) >= 11 is 0. The van der Waals surface area contributed by atoms with Gasteiger partial charge in [0.25, 0.3) is 0 Å². The van der Waals surface area contributed by atoms with Crippen LogP contribution in [-0.4, -0.2) is 26.1 Å². The van der Waals surface area contributed by atoms with E-state index in [1.165, 1.54) is 5.56 Å². The van der Waals surface area contributed by atoms with E-state index in [9.17, 15) is 0 Å². The molecule has 0 aliphatic rings. The van der Waals surface area contributed by atoms with Gasteiger partial charge in [0.15, 0.2) is 5.82 Å². The summed E-state index contributed by atoms with van der Waals surface area (Å²) in [6, 6.07) is 18.6. The standard InChI is InChI=1S/C26H21N5/c1-3-25-30-24-16-29-23-11-8-19(21-5-4-14-28-17(21)2)15-22(23)26(24)31(25)20-9-6-18(7-10-20)12-13-27/h1,4-11,14-16H,12-13,27H2,2H3. The minimum Gasteiger partial charge on any atom is -0.330 e. The number of aryl methyl sites for hydroxylation is 1. The van der Waals surface area contributed by atoms with E-state index in [2.05, 4.69) is 63.3 Å². The Kier molecular flexibility index (Phi) is 4.70. The van der Waals surface area contributed by atoms with Crippen LogP contribution in [0.4, 0.5) is 0 Å². The van der Waals surface area contributed by atoms with Crippen LogP contribution >= 0.6 is 0 Å². The number of pyridine rings is 2. The number of nitrogens with two attached hydrogens (primary N) is 1. The second-order valence-corrected chi connectivity index (χ2v) is 7.48. The molecule has 31 heavy (non-hydrogen) atoms. The monoisotopic (exact) mass is 403 g/mol. The molecule has 2 N–H and O–H groups in total. The Morgan fingerprint density at radius 1 is 1.03 bits per heavy atom. The van der Waals surface area contributed by atoms with E-state index in [1.807, 2.05) is 29.8 Å². The molecule has 3 aromatic heterocycles. The van der Waals surface area contributed by atoms with Crippen molar-refractivity contribution in [2.45, 2.75) is 13.3 Å². The number of terminal acetylenes is 1. The van der Waals surface area contributed by atoms with Gasteiger partial charge in [-0.15, -0.1) is 6.42 Å². The maximum absolute atomic E-state index is 5.84. The maximum atomic E-state index is 5.84. The summed E-state index contributed by atoms with van der Waals surface area (Å²) in [5, 5.41) is 0.998. The van der Waals surface area contributed by atoms with Gasteiger partial charge >= 0.3 is 0 Å². The molecule has 0 aliphatic heterocycles. The van der Waals surface area contributed by atoms with Crippen molar-refractivity contribution in [1.29, 1.82) is 0 Å². The molecule has 0 spiro atoms. The Hall–Kier alpha value is -4.01. The first-order chi connectivity index (χ1) is 15.2. The number of fused-ring (bicyclic) bond motifs is 3. The van der Waals surface area contributed by atoms with Gasteiger partial charge in [-0.2, -0.15) is 0 Å². The first-order valence-corrected chi connectivity index (χ1v) is 10.2.